The highest BCUT2D eigenvalue weighted by atomic mass is 32.1. The van der Waals surface area contributed by atoms with Gasteiger partial charge in [0.1, 0.15) is 17.7 Å². The first-order valence-electron chi connectivity index (χ1n) is 6.25. The van der Waals surface area contributed by atoms with Crippen LogP contribution in [0.4, 0.5) is 4.39 Å². The molecule has 0 saturated carbocycles. The molecule has 1 aliphatic rings. The van der Waals surface area contributed by atoms with Crippen molar-refractivity contribution in [2.24, 2.45) is 0 Å². The van der Waals surface area contributed by atoms with Crippen LogP contribution in [0.1, 0.15) is 39.5 Å². The number of fused-ring (bicyclic) bond motifs is 1. The first kappa shape index (κ1) is 12.6. The Bertz CT molecular complexity index is 621. The molecule has 0 fully saturated rings. The maximum absolute atomic E-state index is 13.2. The van der Waals surface area contributed by atoms with Gasteiger partial charge in [0.15, 0.2) is 0 Å². The van der Waals surface area contributed by atoms with E-state index in [0.717, 1.165) is 5.56 Å². The molecule has 0 radical (unpaired) electrons. The summed E-state index contributed by atoms with van der Waals surface area (Å²) in [7, 11) is 0. The third-order valence-corrected chi connectivity index (χ3v) is 4.45. The zero-order valence-electron chi connectivity index (χ0n) is 10.8. The Hall–Kier alpha value is -1.39. The Morgan fingerprint density at radius 1 is 1.26 bits per heavy atom. The van der Waals surface area contributed by atoms with E-state index in [9.17, 15) is 9.50 Å². The summed E-state index contributed by atoms with van der Waals surface area (Å²) in [5, 5.41) is 10.2. The Kier molecular flexibility index (Phi) is 3.07. The van der Waals surface area contributed by atoms with Crippen LogP contribution in [0.25, 0.3) is 0 Å². The lowest BCUT2D eigenvalue weighted by Gasteiger charge is -2.29. The molecule has 2 heterocycles. The number of hydrogen-bond donors (Lipinski definition) is 1. The van der Waals surface area contributed by atoms with Crippen LogP contribution in [0, 0.1) is 19.7 Å². The minimum absolute atomic E-state index is 0.155. The fourth-order valence-electron chi connectivity index (χ4n) is 2.58. The van der Waals surface area contributed by atoms with Crippen molar-refractivity contribution in [1.29, 1.82) is 0 Å². The maximum atomic E-state index is 13.2. The van der Waals surface area contributed by atoms with E-state index in [4.69, 9.17) is 4.74 Å². The van der Waals surface area contributed by atoms with E-state index < -0.39 is 6.10 Å². The van der Waals surface area contributed by atoms with Crippen molar-refractivity contribution < 1.29 is 14.2 Å². The Morgan fingerprint density at radius 2 is 2.05 bits per heavy atom. The van der Waals surface area contributed by atoms with Gasteiger partial charge in [-0.3, -0.25) is 0 Å². The number of benzene rings is 1. The second-order valence-electron chi connectivity index (χ2n) is 4.91. The van der Waals surface area contributed by atoms with Gasteiger partial charge in [-0.25, -0.2) is 4.39 Å². The number of halogens is 1. The van der Waals surface area contributed by atoms with Crippen LogP contribution in [0.2, 0.25) is 0 Å². The molecule has 2 aromatic rings. The van der Waals surface area contributed by atoms with Crippen molar-refractivity contribution in [3.63, 3.8) is 0 Å². The molecule has 0 saturated heterocycles. The summed E-state index contributed by atoms with van der Waals surface area (Å²) in [6, 6.07) is 6.40. The number of thiophene rings is 1. The van der Waals surface area contributed by atoms with Crippen LogP contribution in [-0.4, -0.2) is 5.11 Å². The first-order valence-corrected chi connectivity index (χ1v) is 7.07. The molecule has 19 heavy (non-hydrogen) atoms. The standard InChI is InChI=1S/C15H15FO2S/c1-8-5-11(9(2)19-8)15-7-13(17)12-6-10(16)3-4-14(12)18-15/h3-6,13,15,17H,7H2,1-2H3/t13-,15?/m1/s1. The molecule has 1 aromatic carbocycles. The van der Waals surface area contributed by atoms with E-state index >= 15 is 0 Å². The Morgan fingerprint density at radius 3 is 2.74 bits per heavy atom. The second kappa shape index (κ2) is 4.62. The minimum Gasteiger partial charge on any atom is -0.485 e. The normalized spacial score (nSPS) is 21.9. The van der Waals surface area contributed by atoms with E-state index in [1.54, 1.807) is 17.4 Å². The summed E-state index contributed by atoms with van der Waals surface area (Å²) in [5.74, 6) is 0.232. The van der Waals surface area contributed by atoms with Crippen molar-refractivity contribution in [3.8, 4) is 5.75 Å². The maximum Gasteiger partial charge on any atom is 0.128 e. The monoisotopic (exact) mass is 278 g/mol. The smallest absolute Gasteiger partial charge is 0.128 e. The lowest BCUT2D eigenvalue weighted by Crippen LogP contribution is -2.19. The van der Waals surface area contributed by atoms with Crippen LogP contribution < -0.4 is 4.74 Å². The number of ether oxygens (including phenoxy) is 1. The lowest BCUT2D eigenvalue weighted by molar-refractivity contribution is 0.0653. The molecule has 0 spiro atoms. The van der Waals surface area contributed by atoms with E-state index in [-0.39, 0.29) is 11.9 Å². The minimum atomic E-state index is -0.677. The van der Waals surface area contributed by atoms with Gasteiger partial charge in [-0.1, -0.05) is 0 Å². The first-order chi connectivity index (χ1) is 9.04. The van der Waals surface area contributed by atoms with E-state index in [2.05, 4.69) is 19.9 Å². The quantitative estimate of drug-likeness (QED) is 0.852. The largest absolute Gasteiger partial charge is 0.485 e. The molecule has 1 N–H and O–H groups in total. The molecule has 0 bridgehead atoms. The Balaban J connectivity index is 1.97. The molecular weight excluding hydrogens is 263 g/mol. The SMILES string of the molecule is Cc1cc(C2C[C@@H](O)c3cc(F)ccc3O2)c(C)s1. The van der Waals surface area contributed by atoms with Gasteiger partial charge in [-0.15, -0.1) is 11.3 Å². The van der Waals surface area contributed by atoms with Crippen molar-refractivity contribution in [2.45, 2.75) is 32.5 Å². The van der Waals surface area contributed by atoms with Gasteiger partial charge >= 0.3 is 0 Å². The van der Waals surface area contributed by atoms with Crippen LogP contribution in [0.3, 0.4) is 0 Å². The fraction of sp³-hybridized carbons (Fsp3) is 0.333. The molecule has 0 amide bonds. The molecule has 2 atom stereocenters. The van der Waals surface area contributed by atoms with Crippen LogP contribution in [0.15, 0.2) is 24.3 Å². The molecule has 1 aromatic heterocycles. The topological polar surface area (TPSA) is 29.5 Å². The summed E-state index contributed by atoms with van der Waals surface area (Å²) in [6.45, 7) is 4.12. The van der Waals surface area contributed by atoms with E-state index in [1.807, 2.05) is 0 Å². The molecule has 0 aliphatic carbocycles. The fourth-order valence-corrected chi connectivity index (χ4v) is 3.56. The van der Waals surface area contributed by atoms with Crippen molar-refractivity contribution in [1.82, 2.24) is 0 Å². The lowest BCUT2D eigenvalue weighted by atomic mass is 9.95. The third kappa shape index (κ3) is 2.26. The molecular formula is C15H15FO2S. The van der Waals surface area contributed by atoms with Gasteiger partial charge in [-0.05, 0) is 38.1 Å². The highest BCUT2D eigenvalue weighted by Crippen LogP contribution is 2.42. The molecule has 3 rings (SSSR count). The van der Waals surface area contributed by atoms with Gasteiger partial charge in [0.2, 0.25) is 0 Å². The zero-order chi connectivity index (χ0) is 13.6. The highest BCUT2D eigenvalue weighted by Gasteiger charge is 2.29. The van der Waals surface area contributed by atoms with Crippen LogP contribution >= 0.6 is 11.3 Å². The summed E-state index contributed by atoms with van der Waals surface area (Å²) in [4.78, 5) is 2.44. The predicted molar refractivity (Wildman–Crippen MR) is 73.1 cm³/mol. The second-order valence-corrected chi connectivity index (χ2v) is 6.37. The number of hydrogen-bond acceptors (Lipinski definition) is 3. The summed E-state index contributed by atoms with van der Waals surface area (Å²) in [6.07, 6.45) is -0.366. The van der Waals surface area contributed by atoms with Gasteiger partial charge in [0.25, 0.3) is 0 Å². The van der Waals surface area contributed by atoms with Crippen molar-refractivity contribution in [3.05, 3.63) is 51.0 Å². The Labute approximate surface area is 115 Å². The summed E-state index contributed by atoms with van der Waals surface area (Å²) in [5.41, 5.74) is 1.66. The zero-order valence-corrected chi connectivity index (χ0v) is 11.6. The average molecular weight is 278 g/mol. The number of rotatable bonds is 1. The predicted octanol–water partition coefficient (Wildman–Crippen LogP) is 4.06. The number of aliphatic hydroxyl groups is 1. The molecule has 100 valence electrons. The van der Waals surface area contributed by atoms with Gasteiger partial charge < -0.3 is 9.84 Å². The highest BCUT2D eigenvalue weighted by molar-refractivity contribution is 7.12. The molecule has 2 nitrogen and oxygen atoms in total. The van der Waals surface area contributed by atoms with E-state index in [1.165, 1.54) is 21.9 Å². The third-order valence-electron chi connectivity index (χ3n) is 3.46. The number of aryl methyl sites for hydroxylation is 2. The van der Waals surface area contributed by atoms with Crippen molar-refractivity contribution in [2.75, 3.05) is 0 Å². The van der Waals surface area contributed by atoms with E-state index in [0.29, 0.717) is 17.7 Å². The average Bonchev–Trinajstić information content (AvgIpc) is 2.69. The van der Waals surface area contributed by atoms with Gasteiger partial charge in [-0.2, -0.15) is 0 Å². The summed E-state index contributed by atoms with van der Waals surface area (Å²) < 4.78 is 19.1. The molecule has 1 unspecified atom stereocenters. The molecule has 4 heteroatoms. The van der Waals surface area contributed by atoms with Crippen LogP contribution in [-0.2, 0) is 0 Å². The number of aliphatic hydroxyl groups excluding tert-OH is 1. The molecule has 1 aliphatic heterocycles. The van der Waals surface area contributed by atoms with Gasteiger partial charge in [0, 0.05) is 27.3 Å². The van der Waals surface area contributed by atoms with Crippen LogP contribution in [0.5, 0.6) is 5.75 Å². The van der Waals surface area contributed by atoms with Crippen molar-refractivity contribution >= 4 is 11.3 Å². The van der Waals surface area contributed by atoms with Gasteiger partial charge in [0.05, 0.1) is 6.10 Å². The summed E-state index contributed by atoms with van der Waals surface area (Å²) >= 11 is 1.73.